The summed E-state index contributed by atoms with van der Waals surface area (Å²) in [5.74, 6) is 0.0162. The maximum atomic E-state index is 13.8. The zero-order valence-electron chi connectivity index (χ0n) is 12.1. The van der Waals surface area contributed by atoms with Crippen molar-refractivity contribution in [3.63, 3.8) is 0 Å². The lowest BCUT2D eigenvalue weighted by Crippen LogP contribution is -2.27. The SMILES string of the molecule is N#Cc1ccc(COn2ccc(C3CCNCC3)n2)c(F)c1. The van der Waals surface area contributed by atoms with Gasteiger partial charge in [0.1, 0.15) is 12.4 Å². The monoisotopic (exact) mass is 300 g/mol. The molecule has 0 saturated carbocycles. The number of nitrogens with one attached hydrogen (secondary N) is 1. The molecule has 0 amide bonds. The molecule has 0 radical (unpaired) electrons. The zero-order chi connectivity index (χ0) is 15.4. The molecule has 1 aliphatic rings. The van der Waals surface area contributed by atoms with Crippen LogP contribution < -0.4 is 10.2 Å². The van der Waals surface area contributed by atoms with Crippen LogP contribution in [-0.2, 0) is 6.61 Å². The Kier molecular flexibility index (Phi) is 4.35. The number of aromatic nitrogens is 2. The minimum atomic E-state index is -0.440. The Morgan fingerprint density at radius 3 is 2.91 bits per heavy atom. The van der Waals surface area contributed by atoms with E-state index in [1.807, 2.05) is 12.1 Å². The zero-order valence-corrected chi connectivity index (χ0v) is 12.1. The Hall–Kier alpha value is -2.39. The van der Waals surface area contributed by atoms with Gasteiger partial charge >= 0.3 is 0 Å². The van der Waals surface area contributed by atoms with Crippen LogP contribution in [-0.4, -0.2) is 23.0 Å². The first-order valence-corrected chi connectivity index (χ1v) is 7.34. The van der Waals surface area contributed by atoms with Gasteiger partial charge in [0.15, 0.2) is 0 Å². The van der Waals surface area contributed by atoms with Gasteiger partial charge in [0.2, 0.25) is 0 Å². The number of nitrogens with zero attached hydrogens (tertiary/aromatic N) is 3. The molecule has 22 heavy (non-hydrogen) atoms. The smallest absolute Gasteiger partial charge is 0.145 e. The fourth-order valence-corrected chi connectivity index (χ4v) is 2.60. The van der Waals surface area contributed by atoms with E-state index in [0.29, 0.717) is 17.0 Å². The highest BCUT2D eigenvalue weighted by atomic mass is 19.1. The van der Waals surface area contributed by atoms with Crippen LogP contribution in [0, 0.1) is 17.1 Å². The van der Waals surface area contributed by atoms with Crippen molar-refractivity contribution < 1.29 is 9.23 Å². The number of nitriles is 1. The molecule has 3 rings (SSSR count). The quantitative estimate of drug-likeness (QED) is 0.938. The first-order chi connectivity index (χ1) is 10.8. The van der Waals surface area contributed by atoms with Crippen molar-refractivity contribution >= 4 is 0 Å². The molecule has 0 atom stereocenters. The highest BCUT2D eigenvalue weighted by molar-refractivity contribution is 5.32. The van der Waals surface area contributed by atoms with Crippen LogP contribution >= 0.6 is 0 Å². The van der Waals surface area contributed by atoms with Gasteiger partial charge in [0.05, 0.1) is 23.5 Å². The predicted octanol–water partition coefficient (Wildman–Crippen LogP) is 1.99. The first-order valence-electron chi connectivity index (χ1n) is 7.34. The lowest BCUT2D eigenvalue weighted by molar-refractivity contribution is 0.0670. The summed E-state index contributed by atoms with van der Waals surface area (Å²) >= 11 is 0. The van der Waals surface area contributed by atoms with Gasteiger partial charge in [-0.3, -0.25) is 0 Å². The van der Waals surface area contributed by atoms with Gasteiger partial charge in [0.25, 0.3) is 0 Å². The largest absolute Gasteiger partial charge is 0.392 e. The molecule has 1 saturated heterocycles. The third kappa shape index (κ3) is 3.26. The summed E-state index contributed by atoms with van der Waals surface area (Å²) in [6, 6.07) is 8.20. The molecular weight excluding hydrogens is 283 g/mol. The molecule has 1 aromatic heterocycles. The summed E-state index contributed by atoms with van der Waals surface area (Å²) in [6.07, 6.45) is 3.89. The lowest BCUT2D eigenvalue weighted by atomic mass is 9.95. The second kappa shape index (κ2) is 6.58. The Morgan fingerprint density at radius 2 is 2.18 bits per heavy atom. The third-order valence-corrected chi connectivity index (χ3v) is 3.88. The Labute approximate surface area is 128 Å². The number of benzene rings is 1. The van der Waals surface area contributed by atoms with E-state index < -0.39 is 5.82 Å². The first kappa shape index (κ1) is 14.5. The molecular formula is C16H17FN4O. The molecule has 0 bridgehead atoms. The summed E-state index contributed by atoms with van der Waals surface area (Å²) in [5, 5.41) is 16.4. The number of hydrogen-bond donors (Lipinski definition) is 1. The van der Waals surface area contributed by atoms with E-state index in [-0.39, 0.29) is 6.61 Å². The molecule has 5 nitrogen and oxygen atoms in total. The maximum absolute atomic E-state index is 13.8. The van der Waals surface area contributed by atoms with Crippen molar-refractivity contribution in [3.8, 4) is 6.07 Å². The van der Waals surface area contributed by atoms with Crippen molar-refractivity contribution in [2.45, 2.75) is 25.4 Å². The third-order valence-electron chi connectivity index (χ3n) is 3.88. The van der Waals surface area contributed by atoms with E-state index >= 15 is 0 Å². The summed E-state index contributed by atoms with van der Waals surface area (Å²) < 4.78 is 13.8. The van der Waals surface area contributed by atoms with E-state index in [9.17, 15) is 4.39 Å². The summed E-state index contributed by atoms with van der Waals surface area (Å²) in [5.41, 5.74) is 1.72. The molecule has 2 aromatic rings. The van der Waals surface area contributed by atoms with E-state index in [0.717, 1.165) is 31.6 Å². The van der Waals surface area contributed by atoms with Crippen LogP contribution in [0.4, 0.5) is 4.39 Å². The topological polar surface area (TPSA) is 62.9 Å². The Bertz CT molecular complexity index is 686. The van der Waals surface area contributed by atoms with Crippen LogP contribution in [0.2, 0.25) is 0 Å². The van der Waals surface area contributed by atoms with Crippen molar-refractivity contribution in [2.75, 3.05) is 13.1 Å². The molecule has 6 heteroatoms. The van der Waals surface area contributed by atoms with Crippen LogP contribution in [0.15, 0.2) is 30.5 Å². The minimum Gasteiger partial charge on any atom is -0.392 e. The van der Waals surface area contributed by atoms with Gasteiger partial charge in [0, 0.05) is 11.5 Å². The molecule has 0 unspecified atom stereocenters. The van der Waals surface area contributed by atoms with E-state index in [1.165, 1.54) is 10.9 Å². The van der Waals surface area contributed by atoms with Crippen molar-refractivity contribution in [1.29, 1.82) is 5.26 Å². The second-order valence-corrected chi connectivity index (χ2v) is 5.36. The average Bonchev–Trinajstić information content (AvgIpc) is 3.03. The number of rotatable bonds is 4. The van der Waals surface area contributed by atoms with Gasteiger partial charge in [-0.25, -0.2) is 4.39 Å². The number of hydrogen-bond acceptors (Lipinski definition) is 4. The summed E-state index contributed by atoms with van der Waals surface area (Å²) in [4.78, 5) is 6.87. The van der Waals surface area contributed by atoms with Crippen molar-refractivity contribution in [1.82, 2.24) is 15.3 Å². The van der Waals surface area contributed by atoms with Gasteiger partial charge < -0.3 is 10.2 Å². The van der Waals surface area contributed by atoms with Gasteiger partial charge in [-0.2, -0.15) is 5.26 Å². The standard InChI is InChI=1S/C16H17FN4O/c17-15-9-12(10-18)1-2-14(15)11-22-21-8-5-16(20-21)13-3-6-19-7-4-13/h1-2,5,8-9,13,19H,3-4,6-7,11H2. The minimum absolute atomic E-state index is 0.0743. The van der Waals surface area contributed by atoms with Gasteiger partial charge in [-0.05, 0) is 44.1 Å². The van der Waals surface area contributed by atoms with Crippen LogP contribution in [0.5, 0.6) is 0 Å². The lowest BCUT2D eigenvalue weighted by Gasteiger charge is -2.20. The van der Waals surface area contributed by atoms with E-state index in [4.69, 9.17) is 10.1 Å². The Balaban J connectivity index is 1.62. The van der Waals surface area contributed by atoms with Crippen LogP contribution in [0.25, 0.3) is 0 Å². The fraction of sp³-hybridized carbons (Fsp3) is 0.375. The summed E-state index contributed by atoms with van der Waals surface area (Å²) in [6.45, 7) is 2.09. The summed E-state index contributed by atoms with van der Waals surface area (Å²) in [7, 11) is 0. The molecule has 0 aliphatic carbocycles. The van der Waals surface area contributed by atoms with E-state index in [1.54, 1.807) is 18.3 Å². The molecule has 114 valence electrons. The van der Waals surface area contributed by atoms with Gasteiger partial charge in [-0.1, -0.05) is 6.07 Å². The fourth-order valence-electron chi connectivity index (χ4n) is 2.60. The molecule has 1 aromatic carbocycles. The normalized spacial score (nSPS) is 15.5. The highest BCUT2D eigenvalue weighted by Gasteiger charge is 2.17. The number of halogens is 1. The molecule has 1 fully saturated rings. The Morgan fingerprint density at radius 1 is 1.36 bits per heavy atom. The second-order valence-electron chi connectivity index (χ2n) is 5.36. The predicted molar refractivity (Wildman–Crippen MR) is 78.5 cm³/mol. The number of piperidine rings is 1. The van der Waals surface area contributed by atoms with Crippen molar-refractivity contribution in [3.05, 3.63) is 53.1 Å². The van der Waals surface area contributed by atoms with Crippen molar-refractivity contribution in [2.24, 2.45) is 0 Å². The molecule has 2 heterocycles. The van der Waals surface area contributed by atoms with E-state index in [2.05, 4.69) is 10.4 Å². The average molecular weight is 300 g/mol. The molecule has 1 aliphatic heterocycles. The molecule has 0 spiro atoms. The van der Waals surface area contributed by atoms with Gasteiger partial charge in [-0.15, -0.1) is 9.94 Å². The van der Waals surface area contributed by atoms with Crippen LogP contribution in [0.3, 0.4) is 0 Å². The molecule has 1 N–H and O–H groups in total. The van der Waals surface area contributed by atoms with Crippen LogP contribution in [0.1, 0.15) is 35.6 Å². The maximum Gasteiger partial charge on any atom is 0.145 e. The highest BCUT2D eigenvalue weighted by Crippen LogP contribution is 2.23.